The van der Waals surface area contributed by atoms with Crippen LogP contribution in [0.1, 0.15) is 31.2 Å². The van der Waals surface area contributed by atoms with Crippen LogP contribution in [0.3, 0.4) is 0 Å². The minimum absolute atomic E-state index is 0.183. The Hall–Kier alpha value is -0.450. The van der Waals surface area contributed by atoms with E-state index in [1.165, 1.54) is 6.07 Å². The molecule has 1 aromatic carbocycles. The fourth-order valence-corrected chi connectivity index (χ4v) is 2.80. The number of rotatable bonds is 2. The molecule has 94 valence electrons. The molecule has 1 aliphatic carbocycles. The molecule has 1 saturated carbocycles. The second-order valence-electron chi connectivity index (χ2n) is 4.97. The molecule has 1 aromatic rings. The monoisotopic (exact) mass is 301 g/mol. The van der Waals surface area contributed by atoms with Crippen molar-refractivity contribution in [3.63, 3.8) is 0 Å². The van der Waals surface area contributed by atoms with Crippen molar-refractivity contribution >= 4 is 15.9 Å². The molecule has 2 rings (SSSR count). The van der Waals surface area contributed by atoms with Gasteiger partial charge in [-0.3, -0.25) is 0 Å². The van der Waals surface area contributed by atoms with Gasteiger partial charge in [0.1, 0.15) is 5.82 Å². The number of aliphatic hydroxyl groups is 1. The number of nitrogens with two attached hydrogens (primary N) is 1. The second-order valence-corrected chi connectivity index (χ2v) is 5.89. The zero-order chi connectivity index (χ0) is 12.5. The average molecular weight is 302 g/mol. The van der Waals surface area contributed by atoms with Crippen LogP contribution in [-0.4, -0.2) is 16.7 Å². The van der Waals surface area contributed by atoms with Crippen LogP contribution in [-0.2, 0) is 6.42 Å². The van der Waals surface area contributed by atoms with Crippen molar-refractivity contribution < 1.29 is 9.50 Å². The van der Waals surface area contributed by atoms with Gasteiger partial charge in [0, 0.05) is 16.9 Å². The largest absolute Gasteiger partial charge is 0.390 e. The molecule has 2 nitrogen and oxygen atoms in total. The summed E-state index contributed by atoms with van der Waals surface area (Å²) in [6, 6.07) is 5.02. The number of hydrogen-bond acceptors (Lipinski definition) is 2. The molecule has 0 aromatic heterocycles. The Balaban J connectivity index is 2.12. The summed E-state index contributed by atoms with van der Waals surface area (Å²) in [4.78, 5) is 0. The molecule has 0 spiro atoms. The summed E-state index contributed by atoms with van der Waals surface area (Å²) in [5, 5.41) is 10.4. The van der Waals surface area contributed by atoms with E-state index in [0.29, 0.717) is 24.8 Å². The van der Waals surface area contributed by atoms with E-state index in [4.69, 9.17) is 5.73 Å². The van der Waals surface area contributed by atoms with E-state index in [-0.39, 0.29) is 11.9 Å². The maximum absolute atomic E-state index is 13.6. The van der Waals surface area contributed by atoms with E-state index in [9.17, 15) is 9.50 Å². The fraction of sp³-hybridized carbons (Fsp3) is 0.538. The summed E-state index contributed by atoms with van der Waals surface area (Å²) >= 11 is 3.32. The van der Waals surface area contributed by atoms with Gasteiger partial charge in [0.15, 0.2) is 0 Å². The first-order chi connectivity index (χ1) is 7.98. The molecule has 0 radical (unpaired) electrons. The van der Waals surface area contributed by atoms with Crippen LogP contribution in [0.15, 0.2) is 22.7 Å². The van der Waals surface area contributed by atoms with Gasteiger partial charge in [0.2, 0.25) is 0 Å². The lowest BCUT2D eigenvalue weighted by Crippen LogP contribution is -2.40. The second kappa shape index (κ2) is 5.04. The third-order valence-electron chi connectivity index (χ3n) is 3.49. The van der Waals surface area contributed by atoms with E-state index in [1.807, 2.05) is 0 Å². The van der Waals surface area contributed by atoms with Crippen molar-refractivity contribution in [3.05, 3.63) is 34.1 Å². The van der Waals surface area contributed by atoms with Crippen LogP contribution in [0.25, 0.3) is 0 Å². The molecule has 0 amide bonds. The summed E-state index contributed by atoms with van der Waals surface area (Å²) in [5.41, 5.74) is 5.58. The van der Waals surface area contributed by atoms with Gasteiger partial charge >= 0.3 is 0 Å². The number of benzene rings is 1. The molecule has 0 heterocycles. The van der Waals surface area contributed by atoms with Gasteiger partial charge in [0.25, 0.3) is 0 Å². The van der Waals surface area contributed by atoms with Gasteiger partial charge in [-0.1, -0.05) is 15.9 Å². The van der Waals surface area contributed by atoms with Crippen LogP contribution >= 0.6 is 15.9 Å². The van der Waals surface area contributed by atoms with Gasteiger partial charge in [0.05, 0.1) is 5.60 Å². The standard InChI is InChI=1S/C13H17BrFNO/c14-10-1-2-12(15)9(7-10)8-13(17)5-3-11(16)4-6-13/h1-2,7,11,17H,3-6,8,16H2. The molecule has 1 fully saturated rings. The Morgan fingerprint density at radius 1 is 1.41 bits per heavy atom. The highest BCUT2D eigenvalue weighted by atomic mass is 79.9. The molecule has 4 heteroatoms. The molecule has 0 atom stereocenters. The van der Waals surface area contributed by atoms with E-state index in [2.05, 4.69) is 15.9 Å². The van der Waals surface area contributed by atoms with Crippen molar-refractivity contribution in [1.82, 2.24) is 0 Å². The van der Waals surface area contributed by atoms with Gasteiger partial charge in [-0.15, -0.1) is 0 Å². The molecule has 1 aliphatic rings. The maximum atomic E-state index is 13.6. The first kappa shape index (κ1) is 13.0. The third kappa shape index (κ3) is 3.27. The average Bonchev–Trinajstić information content (AvgIpc) is 2.28. The van der Waals surface area contributed by atoms with Crippen molar-refractivity contribution in [2.24, 2.45) is 5.73 Å². The number of halogens is 2. The summed E-state index contributed by atoms with van der Waals surface area (Å²) in [6.45, 7) is 0. The first-order valence-corrected chi connectivity index (χ1v) is 6.70. The Kier molecular flexibility index (Phi) is 3.85. The third-order valence-corrected chi connectivity index (χ3v) is 3.98. The highest BCUT2D eigenvalue weighted by molar-refractivity contribution is 9.10. The summed E-state index contributed by atoms with van der Waals surface area (Å²) in [6.07, 6.45) is 3.30. The van der Waals surface area contributed by atoms with Gasteiger partial charge in [-0.05, 0) is 49.4 Å². The summed E-state index contributed by atoms with van der Waals surface area (Å²) in [7, 11) is 0. The van der Waals surface area contributed by atoms with E-state index in [1.54, 1.807) is 12.1 Å². The Morgan fingerprint density at radius 3 is 2.71 bits per heavy atom. The van der Waals surface area contributed by atoms with Gasteiger partial charge in [-0.25, -0.2) is 4.39 Å². The Labute approximate surface area is 109 Å². The minimum atomic E-state index is -0.794. The predicted octanol–water partition coefficient (Wildman–Crippen LogP) is 2.76. The molecule has 0 saturated heterocycles. The zero-order valence-corrected chi connectivity index (χ0v) is 11.2. The molecular weight excluding hydrogens is 285 g/mol. The van der Waals surface area contributed by atoms with Crippen LogP contribution in [0.4, 0.5) is 4.39 Å². The molecule has 3 N–H and O–H groups in total. The van der Waals surface area contributed by atoms with E-state index in [0.717, 1.165) is 17.3 Å². The van der Waals surface area contributed by atoms with Crippen LogP contribution in [0.5, 0.6) is 0 Å². The zero-order valence-electron chi connectivity index (χ0n) is 9.63. The summed E-state index contributed by atoms with van der Waals surface area (Å²) < 4.78 is 14.5. The lowest BCUT2D eigenvalue weighted by Gasteiger charge is -2.35. The van der Waals surface area contributed by atoms with Crippen molar-refractivity contribution in [2.75, 3.05) is 0 Å². The normalized spacial score (nSPS) is 29.3. The van der Waals surface area contributed by atoms with Crippen molar-refractivity contribution in [2.45, 2.75) is 43.7 Å². The van der Waals surface area contributed by atoms with Crippen LogP contribution in [0, 0.1) is 5.82 Å². The molecular formula is C13H17BrFNO. The maximum Gasteiger partial charge on any atom is 0.126 e. The SMILES string of the molecule is NC1CCC(O)(Cc2cc(Br)ccc2F)CC1. The van der Waals surface area contributed by atoms with E-state index < -0.39 is 5.60 Å². The molecule has 0 bridgehead atoms. The number of hydrogen-bond donors (Lipinski definition) is 2. The first-order valence-electron chi connectivity index (χ1n) is 5.90. The topological polar surface area (TPSA) is 46.2 Å². The lowest BCUT2D eigenvalue weighted by atomic mass is 9.79. The molecule has 17 heavy (non-hydrogen) atoms. The van der Waals surface area contributed by atoms with Gasteiger partial charge in [-0.2, -0.15) is 0 Å². The Morgan fingerprint density at radius 2 is 2.06 bits per heavy atom. The Bertz CT molecular complexity index is 402. The molecule has 0 unspecified atom stereocenters. The molecule has 0 aliphatic heterocycles. The van der Waals surface area contributed by atoms with Crippen LogP contribution < -0.4 is 5.73 Å². The van der Waals surface area contributed by atoms with E-state index >= 15 is 0 Å². The summed E-state index contributed by atoms with van der Waals surface area (Å²) in [5.74, 6) is -0.253. The van der Waals surface area contributed by atoms with Crippen LogP contribution in [0.2, 0.25) is 0 Å². The minimum Gasteiger partial charge on any atom is -0.390 e. The lowest BCUT2D eigenvalue weighted by molar-refractivity contribution is -0.000465. The smallest absolute Gasteiger partial charge is 0.126 e. The highest BCUT2D eigenvalue weighted by Gasteiger charge is 2.32. The highest BCUT2D eigenvalue weighted by Crippen LogP contribution is 2.32. The fourth-order valence-electron chi connectivity index (χ4n) is 2.39. The quantitative estimate of drug-likeness (QED) is 0.882. The van der Waals surface area contributed by atoms with Gasteiger partial charge < -0.3 is 10.8 Å². The predicted molar refractivity (Wildman–Crippen MR) is 69.2 cm³/mol. The van der Waals surface area contributed by atoms with Crippen molar-refractivity contribution in [3.8, 4) is 0 Å². The van der Waals surface area contributed by atoms with Crippen molar-refractivity contribution in [1.29, 1.82) is 0 Å².